The molecule has 2 aliphatic rings. The summed E-state index contributed by atoms with van der Waals surface area (Å²) < 4.78 is 59.7. The molecule has 2 aromatic rings. The van der Waals surface area contributed by atoms with E-state index in [-0.39, 0.29) is 17.2 Å². The average Bonchev–Trinajstić information content (AvgIpc) is 3.49. The molecule has 248 valence electrons. The van der Waals surface area contributed by atoms with Gasteiger partial charge in [-0.25, -0.2) is 23.2 Å². The van der Waals surface area contributed by atoms with E-state index >= 15 is 4.39 Å². The second-order valence-electron chi connectivity index (χ2n) is 9.60. The van der Waals surface area contributed by atoms with Crippen LogP contribution in [-0.4, -0.2) is 135 Å². The highest BCUT2D eigenvalue weighted by atomic mass is 32.5. The number of fused-ring (bicyclic) bond motifs is 1. The molecular weight excluding hydrogens is 663 g/mol. The average molecular weight is 693 g/mol. The summed E-state index contributed by atoms with van der Waals surface area (Å²) in [7, 11) is -4.49. The molecule has 4 rings (SSSR count). The smallest absolute Gasteiger partial charge is 0.394 e. The first-order valence-corrected chi connectivity index (χ1v) is 16.4. The molecule has 12 atom stereocenters. The Hall–Kier alpha value is -1.66. The minimum atomic E-state index is -5.61. The first-order valence-electron chi connectivity index (χ1n) is 12.3. The molecule has 0 saturated carbocycles. The summed E-state index contributed by atoms with van der Waals surface area (Å²) in [6.07, 6.45) is -12.6. The fourth-order valence-electron chi connectivity index (χ4n) is 4.66. The summed E-state index contributed by atoms with van der Waals surface area (Å²) in [6, 6.07) is 0. The lowest BCUT2D eigenvalue weighted by Gasteiger charge is -2.41. The summed E-state index contributed by atoms with van der Waals surface area (Å²) in [5.41, 5.74) is 3.87. The Labute approximate surface area is 251 Å². The first kappa shape index (κ1) is 35.2. The summed E-state index contributed by atoms with van der Waals surface area (Å²) in [5.74, 6) is -3.34. The van der Waals surface area contributed by atoms with E-state index in [1.165, 1.54) is 6.20 Å². The summed E-state index contributed by atoms with van der Waals surface area (Å²) in [6.45, 7) is -3.79. The van der Waals surface area contributed by atoms with Crippen LogP contribution in [0.25, 0.3) is 5.65 Å². The van der Waals surface area contributed by atoms with Crippen LogP contribution in [0.5, 0.6) is 0 Å². The zero-order valence-corrected chi connectivity index (χ0v) is 25.1. The molecule has 0 aromatic carbocycles. The zero-order chi connectivity index (χ0) is 32.8. The van der Waals surface area contributed by atoms with Gasteiger partial charge in [0, 0.05) is 12.7 Å². The number of phosphoric ester groups is 1. The number of phosphoric acid groups is 1. The maximum atomic E-state index is 16.2. The fraction of sp³-hybridized carbons (Fsp3) is 0.650. The van der Waals surface area contributed by atoms with Gasteiger partial charge in [-0.05, 0) is 11.8 Å². The van der Waals surface area contributed by atoms with Crippen molar-refractivity contribution in [2.24, 2.45) is 0 Å². The van der Waals surface area contributed by atoms with Crippen LogP contribution < -0.4 is 5.73 Å². The number of aromatic nitrogens is 4. The Bertz CT molecular complexity index is 1460. The van der Waals surface area contributed by atoms with E-state index < -0.39 is 88.2 Å². The molecule has 7 unspecified atom stereocenters. The van der Waals surface area contributed by atoms with Crippen LogP contribution in [0, 0.1) is 0 Å². The van der Waals surface area contributed by atoms with Gasteiger partial charge in [0.05, 0.1) is 12.8 Å². The Morgan fingerprint density at radius 3 is 2.57 bits per heavy atom. The SMILES string of the molecule is C=C[C@]1(OC)[C@H](c2cnn3c(N)ncnc23)O[C@](F)(COP(O)(=S)OP(=O)(O)OC2OC([C@@H](O)CO)C(O)C(O)C2O)[C@H]1O. The van der Waals surface area contributed by atoms with Crippen molar-refractivity contribution in [1.82, 2.24) is 19.6 Å². The lowest BCUT2D eigenvalue weighted by Crippen LogP contribution is -2.61. The topological polar surface area (TPSA) is 303 Å². The van der Waals surface area contributed by atoms with Gasteiger partial charge in [0.2, 0.25) is 5.95 Å². The molecule has 2 fully saturated rings. The first-order chi connectivity index (χ1) is 20.5. The molecule has 44 heavy (non-hydrogen) atoms. The van der Waals surface area contributed by atoms with Crippen molar-refractivity contribution < 1.29 is 77.0 Å². The van der Waals surface area contributed by atoms with Crippen LogP contribution in [0.15, 0.2) is 25.2 Å². The van der Waals surface area contributed by atoms with E-state index in [0.717, 1.165) is 24.0 Å². The predicted octanol–water partition coefficient (Wildman–Crippen LogP) is -3.10. The van der Waals surface area contributed by atoms with Crippen molar-refractivity contribution in [3.8, 4) is 0 Å². The van der Waals surface area contributed by atoms with Crippen molar-refractivity contribution >= 4 is 37.9 Å². The lowest BCUT2D eigenvalue weighted by molar-refractivity contribution is -0.292. The van der Waals surface area contributed by atoms with Gasteiger partial charge in [-0.3, -0.25) is 4.52 Å². The van der Waals surface area contributed by atoms with Crippen LogP contribution in [0.2, 0.25) is 0 Å². The van der Waals surface area contributed by atoms with Crippen LogP contribution in [0.4, 0.5) is 10.3 Å². The van der Waals surface area contributed by atoms with E-state index in [9.17, 15) is 39.9 Å². The van der Waals surface area contributed by atoms with E-state index in [2.05, 4.69) is 42.3 Å². The number of alkyl halides is 1. The second kappa shape index (κ2) is 12.9. The standard InChI is InChI=1S/C20H30FN5O15P2S/c1-3-19(36-2)14(8-4-25-26-15(8)23-7-24-18(26)22)39-20(21,17(19)32)6-37-43(35,44)41-42(33,34)40-16-12(31)10(29)11(30)13(38-16)9(28)5-27/h3-4,7,9-14,16-17,27-32H,1,5-6H2,2H3,(H,33,34)(H,35,44)(H2,22,23,24)/t9-,10?,11?,12?,13?,14-,16?,17-,19-,20+,43?/m0/s1. The number of aliphatic hydroxyl groups is 6. The van der Waals surface area contributed by atoms with Gasteiger partial charge in [-0.2, -0.15) is 9.61 Å². The Balaban J connectivity index is 1.50. The van der Waals surface area contributed by atoms with E-state index in [1.807, 2.05) is 0 Å². The largest absolute Gasteiger partial charge is 0.481 e. The predicted molar refractivity (Wildman–Crippen MR) is 143 cm³/mol. The number of rotatable bonds is 12. The number of hydrogen-bond acceptors (Lipinski definition) is 18. The molecule has 2 aliphatic heterocycles. The molecule has 2 saturated heterocycles. The number of anilines is 1. The molecule has 24 heteroatoms. The van der Waals surface area contributed by atoms with Gasteiger partial charge >= 0.3 is 14.5 Å². The van der Waals surface area contributed by atoms with Crippen LogP contribution in [0.3, 0.4) is 0 Å². The van der Waals surface area contributed by atoms with Gasteiger partial charge in [-0.15, -0.1) is 6.58 Å². The summed E-state index contributed by atoms with van der Waals surface area (Å²) in [4.78, 5) is 28.4. The Morgan fingerprint density at radius 1 is 1.27 bits per heavy atom. The number of halogens is 1. The molecular formula is C20H30FN5O15P2S. The third-order valence-corrected chi connectivity index (χ3v) is 10.4. The Morgan fingerprint density at radius 2 is 1.95 bits per heavy atom. The van der Waals surface area contributed by atoms with E-state index in [4.69, 9.17) is 29.6 Å². The highest BCUT2D eigenvalue weighted by Crippen LogP contribution is 2.62. The van der Waals surface area contributed by atoms with Crippen molar-refractivity contribution in [1.29, 1.82) is 0 Å². The van der Waals surface area contributed by atoms with Crippen LogP contribution in [-0.2, 0) is 43.9 Å². The number of nitrogens with zero attached hydrogens (tertiary/aromatic N) is 4. The normalized spacial score (nSPS) is 37.8. The number of aliphatic hydroxyl groups excluding tert-OH is 6. The van der Waals surface area contributed by atoms with Crippen LogP contribution in [0.1, 0.15) is 11.7 Å². The third-order valence-electron chi connectivity index (χ3n) is 6.91. The minimum absolute atomic E-state index is 0.0515. The molecule has 4 heterocycles. The molecule has 20 nitrogen and oxygen atoms in total. The molecule has 0 amide bonds. The summed E-state index contributed by atoms with van der Waals surface area (Å²) >= 11 is 4.68. The molecule has 0 radical (unpaired) electrons. The maximum Gasteiger partial charge on any atom is 0.481 e. The fourth-order valence-corrected chi connectivity index (χ4v) is 7.74. The molecule has 0 bridgehead atoms. The second-order valence-corrected chi connectivity index (χ2v) is 14.0. The third kappa shape index (κ3) is 6.46. The highest BCUT2D eigenvalue weighted by Gasteiger charge is 2.66. The summed E-state index contributed by atoms with van der Waals surface area (Å²) in [5, 5.41) is 63.9. The van der Waals surface area contributed by atoms with E-state index in [0.29, 0.717) is 0 Å². The van der Waals surface area contributed by atoms with Crippen molar-refractivity contribution in [2.45, 2.75) is 60.5 Å². The van der Waals surface area contributed by atoms with Crippen molar-refractivity contribution in [3.05, 3.63) is 30.7 Å². The molecule has 2 aromatic heterocycles. The monoisotopic (exact) mass is 693 g/mol. The molecule has 0 spiro atoms. The number of nitrogens with two attached hydrogens (primary N) is 1. The van der Waals surface area contributed by atoms with Gasteiger partial charge in [0.25, 0.3) is 5.85 Å². The molecule has 10 N–H and O–H groups in total. The van der Waals surface area contributed by atoms with Crippen molar-refractivity contribution in [3.63, 3.8) is 0 Å². The maximum absolute atomic E-state index is 16.2. The van der Waals surface area contributed by atoms with Gasteiger partial charge < -0.3 is 64.9 Å². The Kier molecular flexibility index (Phi) is 10.3. The number of hydrogen-bond donors (Lipinski definition) is 9. The highest BCUT2D eigenvalue weighted by molar-refractivity contribution is 8.08. The number of methoxy groups -OCH3 is 1. The number of ether oxygens (including phenoxy) is 3. The quantitative estimate of drug-likeness (QED) is 0.0785. The van der Waals surface area contributed by atoms with Gasteiger partial charge in [0.15, 0.2) is 18.0 Å². The zero-order valence-electron chi connectivity index (χ0n) is 22.5. The van der Waals surface area contributed by atoms with Crippen LogP contribution >= 0.6 is 14.5 Å². The van der Waals surface area contributed by atoms with E-state index in [1.54, 1.807) is 0 Å². The number of nitrogen functional groups attached to an aromatic ring is 1. The lowest BCUT2D eigenvalue weighted by atomic mass is 9.87. The minimum Gasteiger partial charge on any atom is -0.394 e. The molecule has 0 aliphatic carbocycles. The van der Waals surface area contributed by atoms with Gasteiger partial charge in [-0.1, -0.05) is 6.08 Å². The van der Waals surface area contributed by atoms with Crippen molar-refractivity contribution in [2.75, 3.05) is 26.1 Å². The van der Waals surface area contributed by atoms with Gasteiger partial charge in [0.1, 0.15) is 55.2 Å².